The molecule has 1 aliphatic rings. The van der Waals surface area contributed by atoms with Gasteiger partial charge in [-0.25, -0.2) is 4.79 Å². The van der Waals surface area contributed by atoms with Gasteiger partial charge in [-0.15, -0.1) is 0 Å². The molecule has 1 amide bonds. The van der Waals surface area contributed by atoms with Crippen molar-refractivity contribution in [2.24, 2.45) is 16.6 Å². The summed E-state index contributed by atoms with van der Waals surface area (Å²) in [7, 11) is 0. The number of carbonyl (C=O) groups is 1. The molecule has 1 fully saturated rings. The van der Waals surface area contributed by atoms with Crippen LogP contribution in [0.25, 0.3) is 0 Å². The van der Waals surface area contributed by atoms with Crippen LogP contribution in [0.1, 0.15) is 46.5 Å². The van der Waals surface area contributed by atoms with Crippen molar-refractivity contribution in [1.82, 2.24) is 0 Å². The highest BCUT2D eigenvalue weighted by atomic mass is 16.6. The summed E-state index contributed by atoms with van der Waals surface area (Å²) in [6.07, 6.45) is 5.53. The number of hydrogen-bond acceptors (Lipinski definition) is 3. The van der Waals surface area contributed by atoms with E-state index in [1.165, 1.54) is 12.8 Å². The lowest BCUT2D eigenvalue weighted by Gasteiger charge is -2.25. The van der Waals surface area contributed by atoms with Gasteiger partial charge in [-0.3, -0.25) is 0 Å². The third kappa shape index (κ3) is 4.75. The van der Waals surface area contributed by atoms with Crippen LogP contribution < -0.4 is 5.73 Å². The number of amides is 1. The molecule has 0 aromatic heterocycles. The molecule has 4 nitrogen and oxygen atoms in total. The number of aliphatic imine (C=N–C) groups is 1. The Kier molecular flexibility index (Phi) is 4.47. The lowest BCUT2D eigenvalue weighted by Crippen LogP contribution is -2.34. The minimum absolute atomic E-state index is 0.139. The maximum absolute atomic E-state index is 11.3. The number of ether oxygens (including phenoxy) is 1. The van der Waals surface area contributed by atoms with Gasteiger partial charge in [-0.05, 0) is 33.6 Å². The molecule has 1 aliphatic carbocycles. The second kappa shape index (κ2) is 5.43. The fraction of sp³-hybridized carbons (Fsp3) is 0.833. The van der Waals surface area contributed by atoms with Crippen LogP contribution in [0.2, 0.25) is 0 Å². The van der Waals surface area contributed by atoms with Crippen LogP contribution in [0.3, 0.4) is 0 Å². The first-order chi connectivity index (χ1) is 7.38. The minimum Gasteiger partial charge on any atom is -0.442 e. The molecular formula is C12H22N2O2. The van der Waals surface area contributed by atoms with Gasteiger partial charge in [0.1, 0.15) is 5.60 Å². The number of nitrogens with zero attached hydrogens (tertiary/aromatic N) is 1. The van der Waals surface area contributed by atoms with E-state index in [2.05, 4.69) is 4.99 Å². The van der Waals surface area contributed by atoms with Crippen molar-refractivity contribution in [3.8, 4) is 0 Å². The highest BCUT2D eigenvalue weighted by molar-refractivity contribution is 5.80. The maximum atomic E-state index is 11.3. The van der Waals surface area contributed by atoms with Crippen molar-refractivity contribution in [3.63, 3.8) is 0 Å². The van der Waals surface area contributed by atoms with E-state index in [1.807, 2.05) is 20.8 Å². The van der Waals surface area contributed by atoms with E-state index in [9.17, 15) is 4.79 Å². The second-order valence-electron chi connectivity index (χ2n) is 5.37. The molecule has 0 aromatic carbocycles. The minimum atomic E-state index is -0.523. The monoisotopic (exact) mass is 226 g/mol. The summed E-state index contributed by atoms with van der Waals surface area (Å²) >= 11 is 0. The zero-order valence-electron chi connectivity index (χ0n) is 10.4. The summed E-state index contributed by atoms with van der Waals surface area (Å²) in [6, 6.07) is 0.139. The van der Waals surface area contributed by atoms with Crippen molar-refractivity contribution in [2.75, 3.05) is 0 Å². The van der Waals surface area contributed by atoms with E-state index in [-0.39, 0.29) is 12.0 Å². The number of hydrogen-bond donors (Lipinski definition) is 1. The molecule has 92 valence electrons. The first-order valence-electron chi connectivity index (χ1n) is 5.91. The number of carbonyl (C=O) groups excluding carboxylic acids is 1. The molecule has 4 heteroatoms. The van der Waals surface area contributed by atoms with Gasteiger partial charge in [0.25, 0.3) is 0 Å². The Balaban J connectivity index is 2.43. The normalized spacial score (nSPS) is 27.0. The Labute approximate surface area is 97.3 Å². The zero-order valence-corrected chi connectivity index (χ0v) is 10.4. The molecule has 2 atom stereocenters. The van der Waals surface area contributed by atoms with Crippen LogP contribution in [0.4, 0.5) is 4.79 Å². The predicted molar refractivity (Wildman–Crippen MR) is 64.7 cm³/mol. The molecule has 1 rings (SSSR count). The predicted octanol–water partition coefficient (Wildman–Crippen LogP) is 2.51. The van der Waals surface area contributed by atoms with E-state index in [4.69, 9.17) is 10.5 Å². The van der Waals surface area contributed by atoms with Crippen molar-refractivity contribution in [1.29, 1.82) is 0 Å². The lowest BCUT2D eigenvalue weighted by atomic mass is 9.86. The number of nitrogens with two attached hydrogens (primary N) is 1. The first kappa shape index (κ1) is 13.2. The van der Waals surface area contributed by atoms with Gasteiger partial charge in [-0.2, -0.15) is 4.99 Å². The van der Waals surface area contributed by atoms with Gasteiger partial charge in [0.15, 0.2) is 0 Å². The van der Waals surface area contributed by atoms with Crippen molar-refractivity contribution < 1.29 is 9.53 Å². The Morgan fingerprint density at radius 3 is 2.56 bits per heavy atom. The third-order valence-corrected chi connectivity index (χ3v) is 2.64. The lowest BCUT2D eigenvalue weighted by molar-refractivity contribution is 0.0604. The Morgan fingerprint density at radius 1 is 1.38 bits per heavy atom. The maximum Gasteiger partial charge on any atom is 0.433 e. The smallest absolute Gasteiger partial charge is 0.433 e. The second-order valence-corrected chi connectivity index (χ2v) is 5.37. The summed E-state index contributed by atoms with van der Waals surface area (Å²) in [5.74, 6) is 0.223. The van der Waals surface area contributed by atoms with Gasteiger partial charge < -0.3 is 10.5 Å². The molecule has 2 N–H and O–H groups in total. The van der Waals surface area contributed by atoms with Crippen LogP contribution in [0.15, 0.2) is 4.99 Å². The van der Waals surface area contributed by atoms with Crippen LogP contribution in [-0.2, 0) is 4.74 Å². The first-order valence-corrected chi connectivity index (χ1v) is 5.91. The molecular weight excluding hydrogens is 204 g/mol. The molecule has 0 bridgehead atoms. The Bertz CT molecular complexity index is 269. The quantitative estimate of drug-likeness (QED) is 0.699. The summed E-state index contributed by atoms with van der Waals surface area (Å²) in [6.45, 7) is 5.48. The van der Waals surface area contributed by atoms with Crippen LogP contribution in [0.5, 0.6) is 0 Å². The van der Waals surface area contributed by atoms with Crippen molar-refractivity contribution in [3.05, 3.63) is 0 Å². The topological polar surface area (TPSA) is 64.7 Å². The summed E-state index contributed by atoms with van der Waals surface area (Å²) in [5.41, 5.74) is 5.47. The fourth-order valence-electron chi connectivity index (χ4n) is 1.82. The van der Waals surface area contributed by atoms with Crippen LogP contribution >= 0.6 is 0 Å². The largest absolute Gasteiger partial charge is 0.442 e. The van der Waals surface area contributed by atoms with Crippen LogP contribution in [0, 0.1) is 5.92 Å². The molecule has 1 unspecified atom stereocenters. The van der Waals surface area contributed by atoms with Crippen molar-refractivity contribution >= 4 is 12.3 Å². The molecule has 1 saturated carbocycles. The molecule has 0 radical (unpaired) electrons. The summed E-state index contributed by atoms with van der Waals surface area (Å²) < 4.78 is 5.09. The van der Waals surface area contributed by atoms with E-state index in [1.54, 1.807) is 6.21 Å². The summed E-state index contributed by atoms with van der Waals surface area (Å²) in [4.78, 5) is 15.2. The van der Waals surface area contributed by atoms with Gasteiger partial charge >= 0.3 is 6.09 Å². The highest BCUT2D eigenvalue weighted by Crippen LogP contribution is 2.21. The average molecular weight is 226 g/mol. The fourth-order valence-corrected chi connectivity index (χ4v) is 1.82. The molecule has 0 heterocycles. The SMILES string of the molecule is CC(C)(C)OC(=O)/N=C/C1CCCC[C@H]1N. The van der Waals surface area contributed by atoms with E-state index in [0.29, 0.717) is 0 Å². The van der Waals surface area contributed by atoms with E-state index in [0.717, 1.165) is 12.8 Å². The molecule has 0 saturated heterocycles. The van der Waals surface area contributed by atoms with Gasteiger partial charge in [0.2, 0.25) is 0 Å². The molecule has 0 spiro atoms. The average Bonchev–Trinajstić information content (AvgIpc) is 2.14. The molecule has 0 aliphatic heterocycles. The van der Waals surface area contributed by atoms with Gasteiger partial charge in [0.05, 0.1) is 0 Å². The van der Waals surface area contributed by atoms with E-state index >= 15 is 0 Å². The third-order valence-electron chi connectivity index (χ3n) is 2.64. The van der Waals surface area contributed by atoms with Gasteiger partial charge in [-0.1, -0.05) is 12.8 Å². The van der Waals surface area contributed by atoms with Gasteiger partial charge in [0, 0.05) is 18.2 Å². The van der Waals surface area contributed by atoms with Crippen molar-refractivity contribution in [2.45, 2.75) is 58.1 Å². The standard InChI is InChI=1S/C12H22N2O2/c1-12(2,3)16-11(15)14-8-9-6-4-5-7-10(9)13/h8-10H,4-7,13H2,1-3H3/b14-8+/t9?,10-/m1/s1. The summed E-state index contributed by atoms with van der Waals surface area (Å²) in [5, 5.41) is 0. The molecule has 0 aromatic rings. The Hall–Kier alpha value is -0.900. The highest BCUT2D eigenvalue weighted by Gasteiger charge is 2.21. The number of rotatable bonds is 1. The van der Waals surface area contributed by atoms with E-state index < -0.39 is 11.7 Å². The van der Waals surface area contributed by atoms with Crippen LogP contribution in [-0.4, -0.2) is 24.0 Å². The Morgan fingerprint density at radius 2 is 2.00 bits per heavy atom. The zero-order chi connectivity index (χ0) is 12.2. The molecule has 16 heavy (non-hydrogen) atoms.